The van der Waals surface area contributed by atoms with E-state index in [1.807, 2.05) is 0 Å². The number of benzene rings is 1. The number of halogens is 2. The van der Waals surface area contributed by atoms with E-state index in [1.54, 1.807) is 14.0 Å². The molecule has 0 aliphatic rings. The second-order valence-electron chi connectivity index (χ2n) is 4.45. The van der Waals surface area contributed by atoms with Crippen LogP contribution in [0.1, 0.15) is 11.6 Å². The largest absolute Gasteiger partial charge is 0.482 e. The maximum atomic E-state index is 12.9. The molecule has 1 N–H and O–H groups in total. The Labute approximate surface area is 125 Å². The van der Waals surface area contributed by atoms with Crippen LogP contribution in [-0.2, 0) is 11.3 Å². The van der Waals surface area contributed by atoms with E-state index in [1.165, 1.54) is 17.0 Å². The number of hydrogen-bond acceptors (Lipinski definition) is 4. The molecule has 2 rings (SSSR count). The Hall–Kier alpha value is -2.15. The number of likely N-dealkylation sites (N-methyl/N-ethyl adjacent to an activating group) is 1. The van der Waals surface area contributed by atoms with Gasteiger partial charge in [-0.15, -0.1) is 0 Å². The van der Waals surface area contributed by atoms with Crippen LogP contribution >= 0.6 is 11.6 Å². The first-order valence-electron chi connectivity index (χ1n) is 6.15. The second kappa shape index (κ2) is 6.53. The average molecular weight is 313 g/mol. The zero-order valence-corrected chi connectivity index (χ0v) is 12.3. The van der Waals surface area contributed by atoms with Crippen molar-refractivity contribution < 1.29 is 13.9 Å². The Morgan fingerprint density at radius 3 is 2.90 bits per heavy atom. The highest BCUT2D eigenvalue weighted by atomic mass is 35.5. The minimum atomic E-state index is -0.462. The Morgan fingerprint density at radius 2 is 2.29 bits per heavy atom. The normalized spacial score (nSPS) is 10.5. The Morgan fingerprint density at radius 1 is 1.52 bits per heavy atom. The van der Waals surface area contributed by atoms with Gasteiger partial charge in [-0.1, -0.05) is 11.6 Å². The summed E-state index contributed by atoms with van der Waals surface area (Å²) in [5.74, 6) is 0.727. The van der Waals surface area contributed by atoms with Crippen molar-refractivity contribution in [3.63, 3.8) is 0 Å². The minimum absolute atomic E-state index is 0.120. The van der Waals surface area contributed by atoms with Gasteiger partial charge < -0.3 is 9.64 Å². The topological polar surface area (TPSA) is 71.1 Å². The Kier molecular flexibility index (Phi) is 4.74. The third-order valence-corrected chi connectivity index (χ3v) is 2.99. The van der Waals surface area contributed by atoms with E-state index in [4.69, 9.17) is 16.3 Å². The lowest BCUT2D eigenvalue weighted by Gasteiger charge is -2.16. The molecule has 0 aliphatic heterocycles. The van der Waals surface area contributed by atoms with Crippen LogP contribution in [0.2, 0.25) is 5.02 Å². The van der Waals surface area contributed by atoms with Gasteiger partial charge in [-0.05, 0) is 25.1 Å². The van der Waals surface area contributed by atoms with Crippen molar-refractivity contribution in [2.45, 2.75) is 13.5 Å². The summed E-state index contributed by atoms with van der Waals surface area (Å²) in [6, 6.07) is 3.72. The number of aryl methyl sites for hydroxylation is 1. The number of carbonyl (C=O) groups excluding carboxylic acids is 1. The molecule has 0 fully saturated rings. The zero-order valence-electron chi connectivity index (χ0n) is 11.6. The summed E-state index contributed by atoms with van der Waals surface area (Å²) in [7, 11) is 1.61. The molecule has 1 aromatic carbocycles. The molecule has 0 aliphatic carbocycles. The van der Waals surface area contributed by atoms with Crippen molar-refractivity contribution >= 4 is 17.5 Å². The number of nitrogens with zero attached hydrogens (tertiary/aromatic N) is 3. The predicted molar refractivity (Wildman–Crippen MR) is 74.5 cm³/mol. The number of ether oxygens (including phenoxy) is 1. The molecule has 1 heterocycles. The van der Waals surface area contributed by atoms with Gasteiger partial charge in [-0.3, -0.25) is 9.89 Å². The van der Waals surface area contributed by atoms with Crippen LogP contribution in [0.15, 0.2) is 18.2 Å². The van der Waals surface area contributed by atoms with Crippen LogP contribution < -0.4 is 4.74 Å². The van der Waals surface area contributed by atoms with Crippen LogP contribution in [0.4, 0.5) is 4.39 Å². The number of hydrogen-bond donors (Lipinski definition) is 1. The molecular weight excluding hydrogens is 299 g/mol. The molecule has 0 bridgehead atoms. The monoisotopic (exact) mass is 312 g/mol. The fraction of sp³-hybridized carbons (Fsp3) is 0.308. The van der Waals surface area contributed by atoms with Crippen molar-refractivity contribution in [2.75, 3.05) is 13.7 Å². The van der Waals surface area contributed by atoms with Crippen LogP contribution in [-0.4, -0.2) is 39.6 Å². The molecule has 0 saturated heterocycles. The molecule has 1 amide bonds. The maximum absolute atomic E-state index is 12.9. The summed E-state index contributed by atoms with van der Waals surface area (Å²) in [5.41, 5.74) is 0. The lowest BCUT2D eigenvalue weighted by molar-refractivity contribution is -0.132. The molecule has 21 heavy (non-hydrogen) atoms. The summed E-state index contributed by atoms with van der Waals surface area (Å²) in [6.45, 7) is 1.84. The standard InChI is InChI=1S/C13H14ClFN4O2/c1-8-16-12(18-17-8)6-19(2)13(20)7-21-11-4-3-9(15)5-10(11)14/h3-5H,6-7H2,1-2H3,(H,16,17,18). The Bertz CT molecular complexity index is 647. The van der Waals surface area contributed by atoms with E-state index < -0.39 is 5.82 Å². The third kappa shape index (κ3) is 4.16. The third-order valence-electron chi connectivity index (χ3n) is 2.69. The van der Waals surface area contributed by atoms with Crippen LogP contribution in [0.5, 0.6) is 5.75 Å². The van der Waals surface area contributed by atoms with Gasteiger partial charge in [0.1, 0.15) is 17.4 Å². The van der Waals surface area contributed by atoms with E-state index in [9.17, 15) is 9.18 Å². The van der Waals surface area contributed by atoms with Crippen molar-refractivity contribution in [2.24, 2.45) is 0 Å². The second-order valence-corrected chi connectivity index (χ2v) is 4.86. The summed E-state index contributed by atoms with van der Waals surface area (Å²) in [5, 5.41) is 6.77. The molecule has 0 unspecified atom stereocenters. The molecular formula is C13H14ClFN4O2. The molecule has 6 nitrogen and oxygen atoms in total. The number of aromatic amines is 1. The molecule has 0 spiro atoms. The number of H-pyrrole nitrogens is 1. The Balaban J connectivity index is 1.89. The predicted octanol–water partition coefficient (Wildman–Crippen LogP) is 1.94. The van der Waals surface area contributed by atoms with E-state index >= 15 is 0 Å². The fourth-order valence-electron chi connectivity index (χ4n) is 1.60. The minimum Gasteiger partial charge on any atom is -0.482 e. The van der Waals surface area contributed by atoms with E-state index in [0.717, 1.165) is 6.07 Å². The van der Waals surface area contributed by atoms with Gasteiger partial charge in [-0.25, -0.2) is 9.37 Å². The highest BCUT2D eigenvalue weighted by Gasteiger charge is 2.13. The average Bonchev–Trinajstić information content (AvgIpc) is 2.82. The smallest absolute Gasteiger partial charge is 0.260 e. The number of nitrogens with one attached hydrogen (secondary N) is 1. The summed E-state index contributed by atoms with van der Waals surface area (Å²) >= 11 is 5.81. The first kappa shape index (κ1) is 15.2. The van der Waals surface area contributed by atoms with E-state index in [0.29, 0.717) is 11.6 Å². The molecule has 0 atom stereocenters. The fourth-order valence-corrected chi connectivity index (χ4v) is 1.82. The number of carbonyl (C=O) groups is 1. The van der Waals surface area contributed by atoms with Crippen molar-refractivity contribution in [3.8, 4) is 5.75 Å². The molecule has 112 valence electrons. The molecule has 2 aromatic rings. The highest BCUT2D eigenvalue weighted by molar-refractivity contribution is 6.32. The summed E-state index contributed by atoms with van der Waals surface area (Å²) in [6.07, 6.45) is 0. The van der Waals surface area contributed by atoms with Crippen LogP contribution in [0.3, 0.4) is 0 Å². The first-order valence-corrected chi connectivity index (χ1v) is 6.53. The van der Waals surface area contributed by atoms with Crippen molar-refractivity contribution in [1.29, 1.82) is 0 Å². The quantitative estimate of drug-likeness (QED) is 0.916. The van der Waals surface area contributed by atoms with E-state index in [2.05, 4.69) is 15.2 Å². The zero-order chi connectivity index (χ0) is 15.4. The first-order chi connectivity index (χ1) is 9.95. The molecule has 0 radical (unpaired) electrons. The number of rotatable bonds is 5. The van der Waals surface area contributed by atoms with Crippen molar-refractivity contribution in [1.82, 2.24) is 20.1 Å². The highest BCUT2D eigenvalue weighted by Crippen LogP contribution is 2.24. The summed E-state index contributed by atoms with van der Waals surface area (Å²) in [4.78, 5) is 17.5. The summed E-state index contributed by atoms with van der Waals surface area (Å²) < 4.78 is 18.2. The van der Waals surface area contributed by atoms with Gasteiger partial charge in [0, 0.05) is 7.05 Å². The maximum Gasteiger partial charge on any atom is 0.260 e. The van der Waals surface area contributed by atoms with Gasteiger partial charge in [0.25, 0.3) is 5.91 Å². The van der Waals surface area contributed by atoms with Crippen molar-refractivity contribution in [3.05, 3.63) is 40.7 Å². The van der Waals surface area contributed by atoms with Crippen LogP contribution in [0, 0.1) is 12.7 Å². The molecule has 0 saturated carbocycles. The van der Waals surface area contributed by atoms with Crippen LogP contribution in [0.25, 0.3) is 0 Å². The molecule has 8 heteroatoms. The SMILES string of the molecule is Cc1nc(CN(C)C(=O)COc2ccc(F)cc2Cl)n[nH]1. The van der Waals surface area contributed by atoms with Gasteiger partial charge in [0.2, 0.25) is 0 Å². The molecule has 1 aromatic heterocycles. The number of aromatic nitrogens is 3. The van der Waals surface area contributed by atoms with Gasteiger partial charge in [-0.2, -0.15) is 5.10 Å². The lowest BCUT2D eigenvalue weighted by Crippen LogP contribution is -2.31. The lowest BCUT2D eigenvalue weighted by atomic mass is 10.3. The van der Waals surface area contributed by atoms with Gasteiger partial charge >= 0.3 is 0 Å². The van der Waals surface area contributed by atoms with E-state index in [-0.39, 0.29) is 29.8 Å². The number of amides is 1. The van der Waals surface area contributed by atoms with Gasteiger partial charge in [0.15, 0.2) is 12.4 Å². The van der Waals surface area contributed by atoms with Gasteiger partial charge in [0.05, 0.1) is 11.6 Å².